The van der Waals surface area contributed by atoms with Gasteiger partial charge in [-0.25, -0.2) is 4.57 Å². The second-order valence-corrected chi connectivity index (χ2v) is 16.3. The Bertz CT molecular complexity index is 1310. The number of unbranched alkanes of at least 4 members (excludes halogenated alkanes) is 5. The molecule has 0 saturated heterocycles. The number of allylic oxidation sites excluding steroid dienone is 15. The van der Waals surface area contributed by atoms with Crippen LogP contribution in [0, 0.1) is 0 Å². The number of aliphatic hydroxyl groups excluding tert-OH is 1. The fraction of sp³-hybridized carbons (Fsp3) is 0.609. The lowest BCUT2D eigenvalue weighted by Gasteiger charge is -2.24. The first-order valence-corrected chi connectivity index (χ1v) is 22.6. The van der Waals surface area contributed by atoms with E-state index in [-0.39, 0.29) is 26.1 Å². The Balaban J connectivity index is 4.64. The highest BCUT2D eigenvalue weighted by Gasteiger charge is 2.27. The maximum atomic E-state index is 12.7. The van der Waals surface area contributed by atoms with Gasteiger partial charge in [0.05, 0.1) is 33.9 Å². The maximum Gasteiger partial charge on any atom is 0.472 e. The van der Waals surface area contributed by atoms with E-state index in [2.05, 4.69) is 86.8 Å². The molecule has 324 valence electrons. The molecular formula is C46H77NO9P+. The van der Waals surface area contributed by atoms with Crippen molar-refractivity contribution >= 4 is 19.8 Å². The third-order valence-electron chi connectivity index (χ3n) is 8.21. The number of nitrogens with zero attached hydrogens (tertiary/aromatic N) is 1. The minimum absolute atomic E-state index is 0.000115. The monoisotopic (exact) mass is 819 g/mol. The van der Waals surface area contributed by atoms with Gasteiger partial charge in [-0.05, 0) is 77.0 Å². The summed E-state index contributed by atoms with van der Waals surface area (Å²) in [4.78, 5) is 35.3. The SMILES string of the molecule is CC/C=C\C/C=C\C/C=C\C/C=C\C=C\C(O)CCCC(=O)O[C@H](COC(=O)CCCCCCC/C=C\C/C=C\C/C=C\CC)COP(=O)(O)OCC[N+](C)(C)C. The van der Waals surface area contributed by atoms with Gasteiger partial charge in [-0.3, -0.25) is 18.6 Å². The molecule has 0 rings (SSSR count). The number of quaternary nitrogens is 1. The molecule has 0 aromatic carbocycles. The molecule has 11 heteroatoms. The van der Waals surface area contributed by atoms with Crippen LogP contribution in [0.2, 0.25) is 0 Å². The summed E-state index contributed by atoms with van der Waals surface area (Å²) >= 11 is 0. The predicted octanol–water partition coefficient (Wildman–Crippen LogP) is 10.8. The molecule has 57 heavy (non-hydrogen) atoms. The Hall–Kier alpha value is -3.11. The van der Waals surface area contributed by atoms with E-state index in [0.29, 0.717) is 30.3 Å². The summed E-state index contributed by atoms with van der Waals surface area (Å²) in [6, 6.07) is 0. The fourth-order valence-corrected chi connectivity index (χ4v) is 5.68. The van der Waals surface area contributed by atoms with Crippen molar-refractivity contribution in [1.82, 2.24) is 0 Å². The second kappa shape index (κ2) is 37.2. The lowest BCUT2D eigenvalue weighted by atomic mass is 10.1. The molecule has 0 aliphatic heterocycles. The number of phosphoric acid groups is 1. The Morgan fingerprint density at radius 2 is 1.16 bits per heavy atom. The molecule has 0 bridgehead atoms. The fourth-order valence-electron chi connectivity index (χ4n) is 4.94. The summed E-state index contributed by atoms with van der Waals surface area (Å²) in [5, 5.41) is 10.3. The number of carbonyl (C=O) groups excluding carboxylic acids is 2. The molecule has 0 aliphatic rings. The highest BCUT2D eigenvalue weighted by Crippen LogP contribution is 2.43. The van der Waals surface area contributed by atoms with Crippen molar-refractivity contribution in [2.45, 2.75) is 135 Å². The number of phosphoric ester groups is 1. The summed E-state index contributed by atoms with van der Waals surface area (Å²) in [5.41, 5.74) is 0. The smallest absolute Gasteiger partial charge is 0.462 e. The van der Waals surface area contributed by atoms with Crippen molar-refractivity contribution in [3.63, 3.8) is 0 Å². The first-order chi connectivity index (χ1) is 27.4. The van der Waals surface area contributed by atoms with Crippen LogP contribution in [0.4, 0.5) is 0 Å². The van der Waals surface area contributed by atoms with Crippen LogP contribution in [0.5, 0.6) is 0 Å². The number of hydrogen-bond donors (Lipinski definition) is 2. The largest absolute Gasteiger partial charge is 0.472 e. The van der Waals surface area contributed by atoms with Gasteiger partial charge in [0, 0.05) is 12.8 Å². The summed E-state index contributed by atoms with van der Waals surface area (Å²) in [6.45, 7) is 3.91. The van der Waals surface area contributed by atoms with Crippen LogP contribution in [-0.2, 0) is 32.7 Å². The van der Waals surface area contributed by atoms with Crippen molar-refractivity contribution in [1.29, 1.82) is 0 Å². The minimum Gasteiger partial charge on any atom is -0.462 e. The predicted molar refractivity (Wildman–Crippen MR) is 234 cm³/mol. The number of carbonyl (C=O) groups is 2. The maximum absolute atomic E-state index is 12.7. The summed E-state index contributed by atoms with van der Waals surface area (Å²) in [7, 11) is 1.33. The normalized spacial score (nSPS) is 15.1. The van der Waals surface area contributed by atoms with Crippen LogP contribution in [0.15, 0.2) is 97.2 Å². The van der Waals surface area contributed by atoms with Gasteiger partial charge >= 0.3 is 19.8 Å². The van der Waals surface area contributed by atoms with Gasteiger partial charge in [0.15, 0.2) is 6.10 Å². The first-order valence-electron chi connectivity index (χ1n) is 21.1. The third kappa shape index (κ3) is 40.9. The van der Waals surface area contributed by atoms with Crippen molar-refractivity contribution in [3.8, 4) is 0 Å². The standard InChI is InChI=1S/C46H76NO9P/c1-6-8-10-12-14-16-18-20-21-23-25-27-29-31-33-37-45(49)53-41-44(42-55-57(51,52)54-40-39-47(3,4)5)56-46(50)38-34-36-43(48)35-32-30-28-26-24-22-19-17-15-13-11-9-7-2/h8-11,14-17,20-22,24,28,30,32,35,43-44,48H,6-7,12-13,18-19,23,25-27,29,31,33-34,36-42H2,1-5H3/p+1/b10-8-,11-9-,16-14-,17-15-,21-20-,24-22-,30-28-,35-32+/t43?,44-/m1/s1. The van der Waals surface area contributed by atoms with Crippen LogP contribution in [0.25, 0.3) is 0 Å². The minimum atomic E-state index is -4.44. The molecule has 0 amide bonds. The number of aliphatic hydroxyl groups is 1. The van der Waals surface area contributed by atoms with E-state index in [9.17, 15) is 24.2 Å². The van der Waals surface area contributed by atoms with E-state index >= 15 is 0 Å². The van der Waals surface area contributed by atoms with Gasteiger partial charge in [-0.15, -0.1) is 0 Å². The van der Waals surface area contributed by atoms with E-state index in [4.69, 9.17) is 18.5 Å². The lowest BCUT2D eigenvalue weighted by molar-refractivity contribution is -0.870. The van der Waals surface area contributed by atoms with E-state index in [0.717, 1.165) is 77.0 Å². The van der Waals surface area contributed by atoms with Gasteiger partial charge in [-0.2, -0.15) is 0 Å². The third-order valence-corrected chi connectivity index (χ3v) is 9.20. The van der Waals surface area contributed by atoms with Gasteiger partial charge < -0.3 is 24.0 Å². The van der Waals surface area contributed by atoms with E-state index in [1.807, 2.05) is 33.3 Å². The van der Waals surface area contributed by atoms with Gasteiger partial charge in [0.2, 0.25) is 0 Å². The van der Waals surface area contributed by atoms with Crippen LogP contribution < -0.4 is 0 Å². The highest BCUT2D eigenvalue weighted by atomic mass is 31.2. The first kappa shape index (κ1) is 53.9. The lowest BCUT2D eigenvalue weighted by Crippen LogP contribution is -2.37. The molecule has 0 saturated carbocycles. The van der Waals surface area contributed by atoms with Crippen molar-refractivity contribution in [2.24, 2.45) is 0 Å². The quantitative estimate of drug-likeness (QED) is 0.0159. The van der Waals surface area contributed by atoms with E-state index in [1.165, 1.54) is 0 Å². The molecular weight excluding hydrogens is 741 g/mol. The average Bonchev–Trinajstić information content (AvgIpc) is 3.15. The van der Waals surface area contributed by atoms with Crippen LogP contribution in [0.3, 0.4) is 0 Å². The molecule has 0 aromatic heterocycles. The number of hydrogen-bond acceptors (Lipinski definition) is 8. The number of esters is 2. The molecule has 0 heterocycles. The average molecular weight is 819 g/mol. The van der Waals surface area contributed by atoms with Crippen molar-refractivity contribution < 1.29 is 47.2 Å². The second-order valence-electron chi connectivity index (χ2n) is 14.8. The Morgan fingerprint density at radius 3 is 1.75 bits per heavy atom. The summed E-state index contributed by atoms with van der Waals surface area (Å²) in [6.07, 6.45) is 44.9. The summed E-state index contributed by atoms with van der Waals surface area (Å²) in [5.74, 6) is -1.04. The Morgan fingerprint density at radius 1 is 0.632 bits per heavy atom. The highest BCUT2D eigenvalue weighted by molar-refractivity contribution is 7.47. The van der Waals surface area contributed by atoms with Crippen molar-refractivity contribution in [2.75, 3.05) is 47.5 Å². The molecule has 0 fully saturated rings. The van der Waals surface area contributed by atoms with Crippen LogP contribution in [-0.4, -0.2) is 86.1 Å². The van der Waals surface area contributed by atoms with Gasteiger partial charge in [-0.1, -0.05) is 130 Å². The molecule has 2 unspecified atom stereocenters. The molecule has 10 nitrogen and oxygen atoms in total. The van der Waals surface area contributed by atoms with Crippen LogP contribution >= 0.6 is 7.82 Å². The Kier molecular flexibility index (Phi) is 35.2. The van der Waals surface area contributed by atoms with E-state index < -0.39 is 38.6 Å². The number of likely N-dealkylation sites (N-methyl/N-ethyl adjacent to an activating group) is 1. The Labute approximate surface area is 346 Å². The molecule has 2 N–H and O–H groups in total. The molecule has 0 spiro atoms. The zero-order valence-electron chi connectivity index (χ0n) is 35.9. The molecule has 0 aromatic rings. The molecule has 3 atom stereocenters. The number of ether oxygens (including phenoxy) is 2. The zero-order valence-corrected chi connectivity index (χ0v) is 36.8. The zero-order chi connectivity index (χ0) is 42.3. The van der Waals surface area contributed by atoms with Crippen molar-refractivity contribution in [3.05, 3.63) is 97.2 Å². The van der Waals surface area contributed by atoms with Crippen LogP contribution in [0.1, 0.15) is 123 Å². The molecule has 0 aliphatic carbocycles. The van der Waals surface area contributed by atoms with E-state index in [1.54, 1.807) is 12.2 Å². The summed E-state index contributed by atoms with van der Waals surface area (Å²) < 4.78 is 34.1. The van der Waals surface area contributed by atoms with Gasteiger partial charge in [0.1, 0.15) is 19.8 Å². The topological polar surface area (TPSA) is 129 Å². The number of rotatable bonds is 36. The molecule has 0 radical (unpaired) electrons. The van der Waals surface area contributed by atoms with Gasteiger partial charge in [0.25, 0.3) is 0 Å².